The number of hydrogen-bond donors (Lipinski definition) is 1. The van der Waals surface area contributed by atoms with Crippen LogP contribution in [0.3, 0.4) is 0 Å². The Morgan fingerprint density at radius 3 is 2.79 bits per heavy atom. The van der Waals surface area contributed by atoms with Crippen LogP contribution in [-0.4, -0.2) is 21.5 Å². The summed E-state index contributed by atoms with van der Waals surface area (Å²) in [6.07, 6.45) is 3.35. The van der Waals surface area contributed by atoms with Gasteiger partial charge in [0.2, 0.25) is 0 Å². The molecule has 1 atom stereocenters. The molecular weight excluding hydrogens is 243 g/mol. The lowest BCUT2D eigenvalue weighted by molar-refractivity contribution is 0.482. The van der Waals surface area contributed by atoms with Crippen molar-refractivity contribution in [3.63, 3.8) is 0 Å². The number of aryl methyl sites for hydroxylation is 1. The summed E-state index contributed by atoms with van der Waals surface area (Å²) in [6.45, 7) is 2.99. The average Bonchev–Trinajstić information content (AvgIpc) is 2.83. The van der Waals surface area contributed by atoms with Gasteiger partial charge >= 0.3 is 0 Å². The zero-order valence-corrected chi connectivity index (χ0v) is 11.3. The van der Waals surface area contributed by atoms with Crippen LogP contribution in [0.5, 0.6) is 0 Å². The second kappa shape index (κ2) is 6.43. The Morgan fingerprint density at radius 1 is 1.37 bits per heavy atom. The lowest BCUT2D eigenvalue weighted by Gasteiger charge is -2.18. The van der Waals surface area contributed by atoms with Crippen molar-refractivity contribution in [2.45, 2.75) is 25.8 Å². The van der Waals surface area contributed by atoms with Gasteiger partial charge in [-0.05, 0) is 31.0 Å². The lowest BCUT2D eigenvalue weighted by atomic mass is 10.0. The fraction of sp³-hybridized carbons (Fsp3) is 0.429. The SMILES string of the molecule is CCCNC(Cc1ccccc1F)c1cnnn1C. The van der Waals surface area contributed by atoms with Crippen LogP contribution in [0, 0.1) is 5.82 Å². The summed E-state index contributed by atoms with van der Waals surface area (Å²) in [5, 5.41) is 11.3. The maximum Gasteiger partial charge on any atom is 0.126 e. The summed E-state index contributed by atoms with van der Waals surface area (Å²) in [5.41, 5.74) is 1.68. The minimum Gasteiger partial charge on any atom is -0.308 e. The third-order valence-electron chi connectivity index (χ3n) is 3.13. The lowest BCUT2D eigenvalue weighted by Crippen LogP contribution is -2.26. The first-order chi connectivity index (χ1) is 9.22. The topological polar surface area (TPSA) is 42.7 Å². The number of halogens is 1. The van der Waals surface area contributed by atoms with Crippen molar-refractivity contribution in [2.24, 2.45) is 7.05 Å². The molecule has 0 spiro atoms. The molecule has 2 aromatic rings. The normalized spacial score (nSPS) is 12.6. The van der Waals surface area contributed by atoms with E-state index >= 15 is 0 Å². The molecule has 0 amide bonds. The first-order valence-electron chi connectivity index (χ1n) is 6.53. The first-order valence-corrected chi connectivity index (χ1v) is 6.53. The fourth-order valence-electron chi connectivity index (χ4n) is 2.10. The van der Waals surface area contributed by atoms with Gasteiger partial charge in [-0.1, -0.05) is 30.3 Å². The molecule has 0 radical (unpaired) electrons. The number of aromatic nitrogens is 3. The largest absolute Gasteiger partial charge is 0.308 e. The third kappa shape index (κ3) is 3.38. The standard InChI is InChI=1S/C14H19FN4/c1-3-8-16-13(14-10-17-18-19(14)2)9-11-6-4-5-7-12(11)15/h4-7,10,13,16H,3,8-9H2,1-2H3. The Hall–Kier alpha value is -1.75. The predicted molar refractivity (Wildman–Crippen MR) is 72.1 cm³/mol. The van der Waals surface area contributed by atoms with E-state index in [-0.39, 0.29) is 11.9 Å². The van der Waals surface area contributed by atoms with Crippen LogP contribution in [0.1, 0.15) is 30.6 Å². The molecule has 1 aromatic carbocycles. The molecule has 0 aliphatic heterocycles. The smallest absolute Gasteiger partial charge is 0.126 e. The van der Waals surface area contributed by atoms with E-state index in [4.69, 9.17) is 0 Å². The van der Waals surface area contributed by atoms with Crippen molar-refractivity contribution in [1.82, 2.24) is 20.3 Å². The Balaban J connectivity index is 2.19. The number of nitrogens with zero attached hydrogens (tertiary/aromatic N) is 3. The van der Waals surface area contributed by atoms with Crippen molar-refractivity contribution in [3.8, 4) is 0 Å². The molecule has 19 heavy (non-hydrogen) atoms. The molecule has 0 aliphatic carbocycles. The van der Waals surface area contributed by atoms with Crippen molar-refractivity contribution in [3.05, 3.63) is 47.5 Å². The minimum absolute atomic E-state index is 0.0249. The molecular formula is C14H19FN4. The molecule has 4 nitrogen and oxygen atoms in total. The van der Waals surface area contributed by atoms with Gasteiger partial charge < -0.3 is 5.32 Å². The van der Waals surface area contributed by atoms with Gasteiger partial charge in [-0.25, -0.2) is 4.39 Å². The van der Waals surface area contributed by atoms with E-state index in [1.165, 1.54) is 6.07 Å². The highest BCUT2D eigenvalue weighted by atomic mass is 19.1. The highest BCUT2D eigenvalue weighted by molar-refractivity contribution is 5.20. The molecule has 0 aliphatic rings. The van der Waals surface area contributed by atoms with Gasteiger partial charge in [-0.2, -0.15) is 0 Å². The van der Waals surface area contributed by atoms with Gasteiger partial charge in [0.25, 0.3) is 0 Å². The zero-order chi connectivity index (χ0) is 13.7. The predicted octanol–water partition coefficient (Wildman–Crippen LogP) is 2.24. The van der Waals surface area contributed by atoms with E-state index in [0.717, 1.165) is 18.7 Å². The number of rotatable bonds is 6. The monoisotopic (exact) mass is 262 g/mol. The molecule has 0 saturated heterocycles. The fourth-order valence-corrected chi connectivity index (χ4v) is 2.10. The van der Waals surface area contributed by atoms with Gasteiger partial charge in [-0.3, -0.25) is 4.68 Å². The van der Waals surface area contributed by atoms with Gasteiger partial charge in [-0.15, -0.1) is 5.10 Å². The Morgan fingerprint density at radius 2 is 2.16 bits per heavy atom. The molecule has 2 rings (SSSR count). The van der Waals surface area contributed by atoms with Gasteiger partial charge in [0.1, 0.15) is 5.82 Å². The molecule has 1 N–H and O–H groups in total. The van der Waals surface area contributed by atoms with Crippen molar-refractivity contribution in [2.75, 3.05) is 6.54 Å². The van der Waals surface area contributed by atoms with E-state index in [0.29, 0.717) is 12.0 Å². The average molecular weight is 262 g/mol. The summed E-state index contributed by atoms with van der Waals surface area (Å²) in [4.78, 5) is 0. The molecule has 102 valence electrons. The van der Waals surface area contributed by atoms with Gasteiger partial charge in [0.05, 0.1) is 17.9 Å². The number of benzene rings is 1. The zero-order valence-electron chi connectivity index (χ0n) is 11.3. The summed E-state index contributed by atoms with van der Waals surface area (Å²) < 4.78 is 15.5. The molecule has 0 saturated carbocycles. The van der Waals surface area contributed by atoms with E-state index in [2.05, 4.69) is 22.6 Å². The highest BCUT2D eigenvalue weighted by Gasteiger charge is 2.17. The van der Waals surface area contributed by atoms with Crippen molar-refractivity contribution < 1.29 is 4.39 Å². The Kier molecular flexibility index (Phi) is 4.63. The van der Waals surface area contributed by atoms with Crippen LogP contribution >= 0.6 is 0 Å². The highest BCUT2D eigenvalue weighted by Crippen LogP contribution is 2.19. The quantitative estimate of drug-likeness (QED) is 0.868. The van der Waals surface area contributed by atoms with Crippen molar-refractivity contribution >= 4 is 0 Å². The maximum absolute atomic E-state index is 13.7. The molecule has 0 fully saturated rings. The minimum atomic E-state index is -0.166. The second-order valence-corrected chi connectivity index (χ2v) is 4.58. The number of hydrogen-bond acceptors (Lipinski definition) is 3. The summed E-state index contributed by atoms with van der Waals surface area (Å²) >= 11 is 0. The molecule has 0 bridgehead atoms. The van der Waals surface area contributed by atoms with Crippen LogP contribution in [0.25, 0.3) is 0 Å². The number of nitrogens with one attached hydrogen (secondary N) is 1. The first kappa shape index (κ1) is 13.7. The van der Waals surface area contributed by atoms with Gasteiger partial charge in [0.15, 0.2) is 0 Å². The Bertz CT molecular complexity index is 524. The summed E-state index contributed by atoms with van der Waals surface area (Å²) in [5.74, 6) is -0.166. The molecule has 1 heterocycles. The van der Waals surface area contributed by atoms with E-state index in [1.807, 2.05) is 19.2 Å². The molecule has 1 unspecified atom stereocenters. The van der Waals surface area contributed by atoms with Crippen LogP contribution in [0.2, 0.25) is 0 Å². The van der Waals surface area contributed by atoms with Gasteiger partial charge in [0, 0.05) is 7.05 Å². The summed E-state index contributed by atoms with van der Waals surface area (Å²) in [7, 11) is 1.85. The van der Waals surface area contributed by atoms with Crippen LogP contribution in [-0.2, 0) is 13.5 Å². The van der Waals surface area contributed by atoms with Crippen molar-refractivity contribution in [1.29, 1.82) is 0 Å². The van der Waals surface area contributed by atoms with Crippen LogP contribution in [0.4, 0.5) is 4.39 Å². The summed E-state index contributed by atoms with van der Waals surface area (Å²) in [6, 6.07) is 6.90. The molecule has 5 heteroatoms. The molecule has 1 aromatic heterocycles. The van der Waals surface area contributed by atoms with E-state index in [9.17, 15) is 4.39 Å². The van der Waals surface area contributed by atoms with Crippen LogP contribution < -0.4 is 5.32 Å². The Labute approximate surface area is 112 Å². The second-order valence-electron chi connectivity index (χ2n) is 4.58. The maximum atomic E-state index is 13.7. The van der Waals surface area contributed by atoms with Crippen LogP contribution in [0.15, 0.2) is 30.5 Å². The third-order valence-corrected chi connectivity index (χ3v) is 3.13. The van der Waals surface area contributed by atoms with E-state index in [1.54, 1.807) is 16.9 Å². The van der Waals surface area contributed by atoms with E-state index < -0.39 is 0 Å².